The second-order valence-electron chi connectivity index (χ2n) is 4.26. The Hall–Kier alpha value is -2.55. The highest BCUT2D eigenvalue weighted by atomic mass is 16.5. The van der Waals surface area contributed by atoms with E-state index in [1.54, 1.807) is 6.26 Å². The molecule has 0 saturated heterocycles. The first-order valence-electron chi connectivity index (χ1n) is 5.82. The number of fused-ring (bicyclic) bond motifs is 3. The Morgan fingerprint density at radius 1 is 1.17 bits per heavy atom. The van der Waals surface area contributed by atoms with Crippen LogP contribution in [0.3, 0.4) is 0 Å². The molecule has 3 aliphatic heterocycles. The third kappa shape index (κ3) is 1.27. The minimum Gasteiger partial charge on any atom is -0.460 e. The predicted molar refractivity (Wildman–Crippen MR) is 68.2 cm³/mol. The van der Waals surface area contributed by atoms with Gasteiger partial charge >= 0.3 is 0 Å². The molecule has 1 aromatic carbocycles. The molecule has 0 aliphatic carbocycles. The summed E-state index contributed by atoms with van der Waals surface area (Å²) in [5.41, 5.74) is 2.92. The van der Waals surface area contributed by atoms with Gasteiger partial charge in [0.15, 0.2) is 5.76 Å². The molecule has 3 heteroatoms. The van der Waals surface area contributed by atoms with Gasteiger partial charge in [-0.05, 0) is 24.3 Å². The number of nitrogens with zero attached hydrogens (tertiary/aromatic N) is 1. The van der Waals surface area contributed by atoms with Crippen molar-refractivity contribution in [2.45, 2.75) is 0 Å². The molecule has 4 rings (SSSR count). The van der Waals surface area contributed by atoms with Gasteiger partial charge < -0.3 is 10.1 Å². The number of hydrogen-bond donors (Lipinski definition) is 1. The first-order chi connectivity index (χ1) is 8.92. The van der Waals surface area contributed by atoms with E-state index in [0.29, 0.717) is 0 Å². The second kappa shape index (κ2) is 3.47. The van der Waals surface area contributed by atoms with Crippen molar-refractivity contribution in [2.75, 3.05) is 0 Å². The van der Waals surface area contributed by atoms with Crippen molar-refractivity contribution in [3.63, 3.8) is 0 Å². The molecule has 0 saturated carbocycles. The molecule has 0 unspecified atom stereocenters. The predicted octanol–water partition coefficient (Wildman–Crippen LogP) is 1.23. The molecule has 3 aliphatic rings. The monoisotopic (exact) mass is 234 g/mol. The third-order valence-corrected chi connectivity index (χ3v) is 3.13. The zero-order chi connectivity index (χ0) is 11.9. The first kappa shape index (κ1) is 9.48. The van der Waals surface area contributed by atoms with E-state index in [2.05, 4.69) is 10.3 Å². The quantitative estimate of drug-likeness (QED) is 0.732. The standard InChI is InChI=1S/C15H10N2O/c1-2-6-12-11(5-1)15-13(17-12)8-10-4-3-7-16-14(10)9-18-15/h1-9,16H. The van der Waals surface area contributed by atoms with Crippen molar-refractivity contribution in [1.82, 2.24) is 5.32 Å². The lowest BCUT2D eigenvalue weighted by Gasteiger charge is -2.09. The maximum Gasteiger partial charge on any atom is 0.161 e. The van der Waals surface area contributed by atoms with E-state index in [1.165, 1.54) is 0 Å². The van der Waals surface area contributed by atoms with Crippen molar-refractivity contribution in [3.8, 4) is 0 Å². The van der Waals surface area contributed by atoms with Crippen LogP contribution in [0.4, 0.5) is 0 Å². The lowest BCUT2D eigenvalue weighted by Crippen LogP contribution is -2.22. The van der Waals surface area contributed by atoms with Crippen LogP contribution in [0.5, 0.6) is 0 Å². The fourth-order valence-corrected chi connectivity index (χ4v) is 2.26. The van der Waals surface area contributed by atoms with E-state index >= 15 is 0 Å². The number of benzene rings is 1. The Bertz CT molecular complexity index is 779. The molecule has 0 spiro atoms. The Labute approximate surface area is 104 Å². The number of dihydropyridines is 1. The molecular formula is C15H10N2O. The minimum absolute atomic E-state index is 0.829. The maximum atomic E-state index is 5.78. The summed E-state index contributed by atoms with van der Waals surface area (Å²) in [5, 5.41) is 5.18. The third-order valence-electron chi connectivity index (χ3n) is 3.13. The number of rotatable bonds is 0. The van der Waals surface area contributed by atoms with Gasteiger partial charge in [0.2, 0.25) is 0 Å². The molecule has 3 nitrogen and oxygen atoms in total. The molecule has 0 radical (unpaired) electrons. The molecule has 0 bridgehead atoms. The van der Waals surface area contributed by atoms with Gasteiger partial charge in [-0.2, -0.15) is 0 Å². The number of hydrogen-bond acceptors (Lipinski definition) is 3. The van der Waals surface area contributed by atoms with Crippen LogP contribution in [-0.4, -0.2) is 0 Å². The van der Waals surface area contributed by atoms with Crippen LogP contribution in [0.25, 0.3) is 5.76 Å². The Kier molecular flexibility index (Phi) is 1.83. The lowest BCUT2D eigenvalue weighted by atomic mass is 10.1. The van der Waals surface area contributed by atoms with Crippen LogP contribution < -0.4 is 15.9 Å². The fraction of sp³-hybridized carbons (Fsp3) is 0. The summed E-state index contributed by atoms with van der Waals surface area (Å²) >= 11 is 0. The van der Waals surface area contributed by atoms with Crippen LogP contribution in [0, 0.1) is 0 Å². The number of allylic oxidation sites excluding steroid dienone is 3. The summed E-state index contributed by atoms with van der Waals surface area (Å²) in [6.07, 6.45) is 9.68. The van der Waals surface area contributed by atoms with Crippen molar-refractivity contribution in [3.05, 3.63) is 82.5 Å². The van der Waals surface area contributed by atoms with Crippen LogP contribution in [-0.2, 0) is 4.74 Å². The van der Waals surface area contributed by atoms with E-state index in [-0.39, 0.29) is 0 Å². The van der Waals surface area contributed by atoms with Crippen LogP contribution in [0.1, 0.15) is 0 Å². The minimum atomic E-state index is 0.829. The molecule has 0 atom stereocenters. The number of para-hydroxylation sites is 1. The Morgan fingerprint density at radius 3 is 3.11 bits per heavy atom. The van der Waals surface area contributed by atoms with Gasteiger partial charge in [0.25, 0.3) is 0 Å². The topological polar surface area (TPSA) is 33.6 Å². The molecule has 3 heterocycles. The van der Waals surface area contributed by atoms with E-state index in [1.807, 2.05) is 48.7 Å². The van der Waals surface area contributed by atoms with Gasteiger partial charge in [-0.15, -0.1) is 0 Å². The van der Waals surface area contributed by atoms with Gasteiger partial charge in [0.1, 0.15) is 12.0 Å². The van der Waals surface area contributed by atoms with Gasteiger partial charge in [-0.25, -0.2) is 4.99 Å². The highest BCUT2D eigenvalue weighted by molar-refractivity contribution is 5.65. The normalized spacial score (nSPS) is 18.9. The zero-order valence-corrected chi connectivity index (χ0v) is 9.55. The summed E-state index contributed by atoms with van der Waals surface area (Å²) in [5.74, 6) is 0.829. The van der Waals surface area contributed by atoms with E-state index in [4.69, 9.17) is 4.74 Å². The second-order valence-corrected chi connectivity index (χ2v) is 4.26. The molecule has 0 aromatic heterocycles. The summed E-state index contributed by atoms with van der Waals surface area (Å²) in [7, 11) is 0. The number of nitrogens with one attached hydrogen (secondary N) is 1. The van der Waals surface area contributed by atoms with Crippen molar-refractivity contribution in [2.24, 2.45) is 4.99 Å². The van der Waals surface area contributed by atoms with Crippen molar-refractivity contribution < 1.29 is 4.74 Å². The lowest BCUT2D eigenvalue weighted by molar-refractivity contribution is 0.428. The SMILES string of the molecule is C1=CNC2=COC3=c4ccccc4=NC3=CC2=C1. The zero-order valence-electron chi connectivity index (χ0n) is 9.55. The van der Waals surface area contributed by atoms with Crippen molar-refractivity contribution in [1.29, 1.82) is 0 Å². The molecule has 1 aromatic rings. The van der Waals surface area contributed by atoms with Gasteiger partial charge in [0, 0.05) is 17.0 Å². The smallest absolute Gasteiger partial charge is 0.161 e. The molecule has 18 heavy (non-hydrogen) atoms. The van der Waals surface area contributed by atoms with Crippen LogP contribution >= 0.6 is 0 Å². The van der Waals surface area contributed by atoms with Crippen LogP contribution in [0.2, 0.25) is 0 Å². The summed E-state index contributed by atoms with van der Waals surface area (Å²) < 4.78 is 5.78. The summed E-state index contributed by atoms with van der Waals surface area (Å²) in [4.78, 5) is 4.60. The van der Waals surface area contributed by atoms with Gasteiger partial charge in [-0.3, -0.25) is 0 Å². The molecule has 86 valence electrons. The van der Waals surface area contributed by atoms with E-state index in [9.17, 15) is 0 Å². The summed E-state index contributed by atoms with van der Waals surface area (Å²) in [6.45, 7) is 0. The maximum absolute atomic E-state index is 5.78. The van der Waals surface area contributed by atoms with Crippen molar-refractivity contribution >= 4 is 5.76 Å². The first-order valence-corrected chi connectivity index (χ1v) is 5.82. The summed E-state index contributed by atoms with van der Waals surface area (Å²) in [6, 6.07) is 8.01. The van der Waals surface area contributed by atoms with Gasteiger partial charge in [-0.1, -0.05) is 18.2 Å². The average Bonchev–Trinajstić information content (AvgIpc) is 2.65. The molecular weight excluding hydrogens is 224 g/mol. The number of ether oxygens (including phenoxy) is 1. The van der Waals surface area contributed by atoms with Gasteiger partial charge in [0.05, 0.1) is 11.1 Å². The fourth-order valence-electron chi connectivity index (χ4n) is 2.26. The molecule has 1 N–H and O–H groups in total. The Balaban J connectivity index is 2.00. The average molecular weight is 234 g/mol. The van der Waals surface area contributed by atoms with E-state index in [0.717, 1.165) is 33.3 Å². The Morgan fingerprint density at radius 2 is 2.11 bits per heavy atom. The largest absolute Gasteiger partial charge is 0.460 e. The highest BCUT2D eigenvalue weighted by Gasteiger charge is 2.19. The van der Waals surface area contributed by atoms with E-state index < -0.39 is 0 Å². The highest BCUT2D eigenvalue weighted by Crippen LogP contribution is 2.26. The van der Waals surface area contributed by atoms with Crippen LogP contribution in [0.15, 0.2) is 76.9 Å². The molecule has 0 fully saturated rings. The molecule has 0 amide bonds.